The summed E-state index contributed by atoms with van der Waals surface area (Å²) in [6.45, 7) is 4.64. The molecule has 1 aliphatic rings. The van der Waals surface area contributed by atoms with Crippen molar-refractivity contribution in [2.75, 3.05) is 6.54 Å². The van der Waals surface area contributed by atoms with E-state index in [1.54, 1.807) is 23.1 Å². The van der Waals surface area contributed by atoms with E-state index in [-0.39, 0.29) is 11.7 Å². The molecule has 0 saturated heterocycles. The van der Waals surface area contributed by atoms with Gasteiger partial charge in [-0.1, -0.05) is 60.1 Å². The minimum Gasteiger partial charge on any atom is -0.507 e. The van der Waals surface area contributed by atoms with Crippen LogP contribution < -0.4 is 4.74 Å². The summed E-state index contributed by atoms with van der Waals surface area (Å²) >= 11 is 6.18. The number of nitrogens with one attached hydrogen (secondary N) is 1. The Morgan fingerprint density at radius 2 is 1.88 bits per heavy atom. The van der Waals surface area contributed by atoms with E-state index in [0.29, 0.717) is 40.7 Å². The Morgan fingerprint density at radius 3 is 2.62 bits per heavy atom. The lowest BCUT2D eigenvalue weighted by molar-refractivity contribution is 0.0764. The molecule has 0 aliphatic carbocycles. The fourth-order valence-corrected chi connectivity index (χ4v) is 4.43. The molecule has 170 valence electrons. The summed E-state index contributed by atoms with van der Waals surface area (Å²) in [5, 5.41) is 18.2. The number of halogens is 1. The maximum atomic E-state index is 13.2. The van der Waals surface area contributed by atoms with Crippen molar-refractivity contribution < 1.29 is 14.6 Å². The fraction of sp³-hybridized carbons (Fsp3) is 0.111. The summed E-state index contributed by atoms with van der Waals surface area (Å²) in [5.41, 5.74) is 4.02. The number of ether oxygens (including phenoxy) is 1. The number of carbonyl (C=O) groups excluding carboxylic acids is 1. The van der Waals surface area contributed by atoms with Gasteiger partial charge in [-0.3, -0.25) is 9.89 Å². The Balaban J connectivity index is 1.51. The zero-order valence-corrected chi connectivity index (χ0v) is 19.0. The lowest BCUT2D eigenvalue weighted by atomic mass is 9.95. The number of hydrogen-bond acceptors (Lipinski definition) is 4. The highest BCUT2D eigenvalue weighted by Gasteiger charge is 2.42. The maximum absolute atomic E-state index is 13.2. The van der Waals surface area contributed by atoms with Gasteiger partial charge in [0.1, 0.15) is 29.5 Å². The van der Waals surface area contributed by atoms with Crippen molar-refractivity contribution in [1.29, 1.82) is 0 Å². The molecule has 0 spiro atoms. The molecular weight excluding hydrogens is 450 g/mol. The third-order valence-electron chi connectivity index (χ3n) is 5.85. The summed E-state index contributed by atoms with van der Waals surface area (Å²) in [6.07, 6.45) is 1.69. The number of aromatic amines is 1. The molecule has 3 aromatic carbocycles. The van der Waals surface area contributed by atoms with Crippen LogP contribution in [0.3, 0.4) is 0 Å². The lowest BCUT2D eigenvalue weighted by Crippen LogP contribution is -2.29. The molecule has 1 atom stereocenters. The maximum Gasteiger partial charge on any atom is 0.273 e. The van der Waals surface area contributed by atoms with Gasteiger partial charge in [-0.05, 0) is 41.5 Å². The Bertz CT molecular complexity index is 1350. The molecule has 0 bridgehead atoms. The van der Waals surface area contributed by atoms with Crippen molar-refractivity contribution in [1.82, 2.24) is 15.1 Å². The number of phenolic OH excluding ortho intramolecular Hbond substituents is 1. The van der Waals surface area contributed by atoms with Crippen molar-refractivity contribution in [3.05, 3.63) is 113 Å². The zero-order chi connectivity index (χ0) is 23.7. The van der Waals surface area contributed by atoms with Crippen LogP contribution in [0.15, 0.2) is 85.5 Å². The van der Waals surface area contributed by atoms with Crippen LogP contribution in [-0.2, 0) is 6.61 Å². The molecule has 0 radical (unpaired) electrons. The molecular formula is C27H22ClN3O3. The van der Waals surface area contributed by atoms with Crippen LogP contribution in [0.1, 0.15) is 33.2 Å². The Morgan fingerprint density at radius 1 is 1.12 bits per heavy atom. The van der Waals surface area contributed by atoms with Crippen LogP contribution in [0.25, 0.3) is 11.3 Å². The smallest absolute Gasteiger partial charge is 0.273 e. The third kappa shape index (κ3) is 3.93. The SMILES string of the molecule is C=CCN1C(=O)c2[nH]nc(-c3cc(Cl)ccc3O)c2C1c1ccc(OCc2ccccc2)cc1. The van der Waals surface area contributed by atoms with E-state index in [2.05, 4.69) is 16.8 Å². The van der Waals surface area contributed by atoms with Gasteiger partial charge < -0.3 is 14.7 Å². The molecule has 1 aromatic heterocycles. The average molecular weight is 472 g/mol. The number of aromatic hydroxyl groups is 1. The van der Waals surface area contributed by atoms with Crippen LogP contribution in [-0.4, -0.2) is 32.7 Å². The number of nitrogens with zero attached hydrogens (tertiary/aromatic N) is 2. The van der Waals surface area contributed by atoms with E-state index < -0.39 is 6.04 Å². The molecule has 34 heavy (non-hydrogen) atoms. The van der Waals surface area contributed by atoms with E-state index in [9.17, 15) is 9.90 Å². The summed E-state index contributed by atoms with van der Waals surface area (Å²) in [7, 11) is 0. The van der Waals surface area contributed by atoms with Crippen molar-refractivity contribution in [3.8, 4) is 22.8 Å². The normalized spacial score (nSPS) is 14.8. The van der Waals surface area contributed by atoms with Crippen LogP contribution in [0.4, 0.5) is 0 Å². The molecule has 5 rings (SSSR count). The van der Waals surface area contributed by atoms with Gasteiger partial charge in [-0.25, -0.2) is 0 Å². The second-order valence-electron chi connectivity index (χ2n) is 8.01. The first-order valence-corrected chi connectivity index (χ1v) is 11.2. The second-order valence-corrected chi connectivity index (χ2v) is 8.45. The molecule has 2 heterocycles. The number of carbonyl (C=O) groups is 1. The van der Waals surface area contributed by atoms with Gasteiger partial charge in [0, 0.05) is 22.7 Å². The molecule has 1 unspecified atom stereocenters. The lowest BCUT2D eigenvalue weighted by Gasteiger charge is -2.25. The molecule has 0 saturated carbocycles. The number of amides is 1. The minimum atomic E-state index is -0.407. The monoisotopic (exact) mass is 471 g/mol. The molecule has 4 aromatic rings. The van der Waals surface area contributed by atoms with Gasteiger partial charge in [0.25, 0.3) is 5.91 Å². The van der Waals surface area contributed by atoms with Gasteiger partial charge in [-0.15, -0.1) is 6.58 Å². The summed E-state index contributed by atoms with van der Waals surface area (Å²) in [5.74, 6) is 0.591. The second kappa shape index (κ2) is 9.08. The van der Waals surface area contributed by atoms with Crippen molar-refractivity contribution >= 4 is 17.5 Å². The summed E-state index contributed by atoms with van der Waals surface area (Å²) in [6, 6.07) is 22.0. The van der Waals surface area contributed by atoms with Crippen molar-refractivity contribution in [2.45, 2.75) is 12.6 Å². The van der Waals surface area contributed by atoms with Crippen LogP contribution in [0.5, 0.6) is 11.5 Å². The average Bonchev–Trinajstić information content (AvgIpc) is 3.40. The van der Waals surface area contributed by atoms with E-state index in [0.717, 1.165) is 16.9 Å². The van der Waals surface area contributed by atoms with Gasteiger partial charge in [0.2, 0.25) is 0 Å². The number of H-pyrrole nitrogens is 1. The predicted octanol–water partition coefficient (Wildman–Crippen LogP) is 5.75. The largest absolute Gasteiger partial charge is 0.507 e. The molecule has 0 fully saturated rings. The number of rotatable bonds is 7. The van der Waals surface area contributed by atoms with Gasteiger partial charge >= 0.3 is 0 Å². The predicted molar refractivity (Wildman–Crippen MR) is 131 cm³/mol. The van der Waals surface area contributed by atoms with E-state index in [1.807, 2.05) is 54.6 Å². The zero-order valence-electron chi connectivity index (χ0n) is 18.2. The van der Waals surface area contributed by atoms with Gasteiger partial charge in [0.15, 0.2) is 0 Å². The highest BCUT2D eigenvalue weighted by molar-refractivity contribution is 6.31. The summed E-state index contributed by atoms with van der Waals surface area (Å²) < 4.78 is 5.92. The molecule has 1 amide bonds. The fourth-order valence-electron chi connectivity index (χ4n) is 4.26. The Kier molecular flexibility index (Phi) is 5.82. The van der Waals surface area contributed by atoms with Crippen molar-refractivity contribution in [2.24, 2.45) is 0 Å². The van der Waals surface area contributed by atoms with Gasteiger partial charge in [0.05, 0.1) is 6.04 Å². The molecule has 6 nitrogen and oxygen atoms in total. The molecule has 7 heteroatoms. The molecule has 2 N–H and O–H groups in total. The number of benzene rings is 3. The van der Waals surface area contributed by atoms with E-state index in [1.165, 1.54) is 6.07 Å². The van der Waals surface area contributed by atoms with Gasteiger partial charge in [-0.2, -0.15) is 5.10 Å². The molecule has 1 aliphatic heterocycles. The first-order chi connectivity index (χ1) is 16.6. The summed E-state index contributed by atoms with van der Waals surface area (Å²) in [4.78, 5) is 14.9. The highest BCUT2D eigenvalue weighted by Crippen LogP contribution is 2.45. The van der Waals surface area contributed by atoms with E-state index in [4.69, 9.17) is 16.3 Å². The number of aromatic nitrogens is 2. The van der Waals surface area contributed by atoms with Crippen LogP contribution >= 0.6 is 11.6 Å². The highest BCUT2D eigenvalue weighted by atomic mass is 35.5. The minimum absolute atomic E-state index is 0.0386. The number of phenols is 1. The third-order valence-corrected chi connectivity index (χ3v) is 6.08. The number of hydrogen-bond donors (Lipinski definition) is 2. The first kappa shape index (κ1) is 21.8. The quantitative estimate of drug-likeness (QED) is 0.336. The van der Waals surface area contributed by atoms with E-state index >= 15 is 0 Å². The standard InChI is InChI=1S/C27H22ClN3O3/c1-2-14-31-26(18-8-11-20(12-9-18)34-16-17-6-4-3-5-7-17)23-24(29-30-25(23)27(31)33)21-15-19(28)10-13-22(21)32/h2-13,15,26,32H,1,14,16H2,(H,29,30). The van der Waals surface area contributed by atoms with Crippen LogP contribution in [0.2, 0.25) is 5.02 Å². The van der Waals surface area contributed by atoms with Crippen LogP contribution in [0, 0.1) is 0 Å². The first-order valence-electron chi connectivity index (χ1n) is 10.8. The number of fused-ring (bicyclic) bond motifs is 1. The van der Waals surface area contributed by atoms with Crippen molar-refractivity contribution in [3.63, 3.8) is 0 Å². The Hall–Kier alpha value is -4.03. The topological polar surface area (TPSA) is 78.5 Å². The Labute approximate surface area is 202 Å².